The molecule has 0 bridgehead atoms. The summed E-state index contributed by atoms with van der Waals surface area (Å²) in [6, 6.07) is 3.98. The lowest BCUT2D eigenvalue weighted by atomic mass is 10.2. The number of carbonyl (C=O) groups is 1. The molecule has 1 N–H and O–H groups in total. The van der Waals surface area contributed by atoms with E-state index in [1.165, 1.54) is 4.88 Å². The van der Waals surface area contributed by atoms with Crippen LogP contribution in [0.3, 0.4) is 0 Å². The van der Waals surface area contributed by atoms with Gasteiger partial charge in [0.25, 0.3) is 0 Å². The summed E-state index contributed by atoms with van der Waals surface area (Å²) in [5.41, 5.74) is 1.23. The average Bonchev–Trinajstić information content (AvgIpc) is 2.77. The van der Waals surface area contributed by atoms with E-state index in [1.54, 1.807) is 11.3 Å². The molecule has 3 nitrogen and oxygen atoms in total. The number of nitrogens with one attached hydrogen (secondary N) is 1. The Morgan fingerprint density at radius 3 is 3.14 bits per heavy atom. The van der Waals surface area contributed by atoms with Crippen molar-refractivity contribution in [3.8, 4) is 0 Å². The molecule has 5 heteroatoms. The molecule has 14 heavy (non-hydrogen) atoms. The minimum atomic E-state index is 0.242. The van der Waals surface area contributed by atoms with Crippen LogP contribution in [0.25, 0.3) is 0 Å². The number of hydrogen-bond donors (Lipinski definition) is 1. The van der Waals surface area contributed by atoms with E-state index in [2.05, 4.69) is 10.2 Å². The second-order valence-electron chi connectivity index (χ2n) is 2.78. The Labute approximate surface area is 89.7 Å². The largest absolute Gasteiger partial charge is 0.298 e. The topological polar surface area (TPSA) is 45.8 Å². The van der Waals surface area contributed by atoms with E-state index in [0.29, 0.717) is 12.0 Å². The highest BCUT2D eigenvalue weighted by Gasteiger charge is 2.10. The van der Waals surface area contributed by atoms with Crippen molar-refractivity contribution in [2.75, 3.05) is 0 Å². The molecular weight excluding hydrogens is 220 g/mol. The molecular formula is C9H7ClN2OS. The van der Waals surface area contributed by atoms with E-state index >= 15 is 0 Å². The molecule has 0 aromatic carbocycles. The summed E-state index contributed by atoms with van der Waals surface area (Å²) >= 11 is 7.35. The summed E-state index contributed by atoms with van der Waals surface area (Å²) in [4.78, 5) is 11.9. The fourth-order valence-electron chi connectivity index (χ4n) is 1.20. The Morgan fingerprint density at radius 1 is 1.64 bits per heavy atom. The molecule has 0 aliphatic heterocycles. The van der Waals surface area contributed by atoms with Gasteiger partial charge in [0.1, 0.15) is 0 Å². The van der Waals surface area contributed by atoms with E-state index < -0.39 is 0 Å². The minimum Gasteiger partial charge on any atom is -0.298 e. The van der Waals surface area contributed by atoms with Crippen LogP contribution in [-0.2, 0) is 6.42 Å². The van der Waals surface area contributed by atoms with Crippen molar-refractivity contribution in [2.45, 2.75) is 6.42 Å². The smallest absolute Gasteiger partial charge is 0.161 e. The molecule has 2 heterocycles. The highest BCUT2D eigenvalue weighted by Crippen LogP contribution is 2.19. The molecule has 0 saturated heterocycles. The molecule has 0 radical (unpaired) electrons. The van der Waals surface area contributed by atoms with Crippen molar-refractivity contribution in [3.63, 3.8) is 0 Å². The van der Waals surface area contributed by atoms with E-state index in [-0.39, 0.29) is 5.15 Å². The van der Waals surface area contributed by atoms with E-state index in [0.717, 1.165) is 12.0 Å². The molecule has 0 atom stereocenters. The van der Waals surface area contributed by atoms with Crippen LogP contribution in [0.15, 0.2) is 17.5 Å². The number of carbonyl (C=O) groups excluding carboxylic acids is 1. The molecule has 0 amide bonds. The van der Waals surface area contributed by atoms with Gasteiger partial charge < -0.3 is 0 Å². The highest BCUT2D eigenvalue weighted by atomic mass is 35.5. The van der Waals surface area contributed by atoms with Gasteiger partial charge in [-0.15, -0.1) is 11.3 Å². The Kier molecular flexibility index (Phi) is 2.65. The maximum atomic E-state index is 10.7. The summed E-state index contributed by atoms with van der Waals surface area (Å²) in [6.45, 7) is 0. The van der Waals surface area contributed by atoms with Gasteiger partial charge in [-0.2, -0.15) is 5.10 Å². The molecule has 0 aliphatic rings. The van der Waals surface area contributed by atoms with Crippen LogP contribution in [0.5, 0.6) is 0 Å². The van der Waals surface area contributed by atoms with Crippen LogP contribution in [0, 0.1) is 0 Å². The normalized spacial score (nSPS) is 10.4. The zero-order valence-corrected chi connectivity index (χ0v) is 8.73. The standard InChI is InChI=1S/C9H7ClN2OS/c10-9-7(5-13)8(11-12-9)4-6-2-1-3-14-6/h1-3,5H,4H2,(H,11,12). The first-order chi connectivity index (χ1) is 6.81. The molecule has 0 aliphatic carbocycles. The lowest BCUT2D eigenvalue weighted by molar-refractivity contribution is 0.112. The van der Waals surface area contributed by atoms with Gasteiger partial charge in [0.2, 0.25) is 0 Å². The summed E-state index contributed by atoms with van der Waals surface area (Å²) in [7, 11) is 0. The van der Waals surface area contributed by atoms with Crippen molar-refractivity contribution in [2.24, 2.45) is 0 Å². The first-order valence-corrected chi connectivity index (χ1v) is 5.27. The number of aromatic nitrogens is 2. The van der Waals surface area contributed by atoms with Gasteiger partial charge in [0.05, 0.1) is 11.3 Å². The summed E-state index contributed by atoms with van der Waals surface area (Å²) in [5.74, 6) is 0. The van der Waals surface area contributed by atoms with Crippen LogP contribution in [0.4, 0.5) is 0 Å². The molecule has 0 spiro atoms. The van der Waals surface area contributed by atoms with Crippen LogP contribution >= 0.6 is 22.9 Å². The van der Waals surface area contributed by atoms with Crippen LogP contribution in [0.2, 0.25) is 5.15 Å². The Hall–Kier alpha value is -1.13. The maximum Gasteiger partial charge on any atom is 0.161 e. The zero-order chi connectivity index (χ0) is 9.97. The molecule has 0 fully saturated rings. The van der Waals surface area contributed by atoms with Crippen LogP contribution in [-0.4, -0.2) is 16.5 Å². The Balaban J connectivity index is 2.29. The first-order valence-electron chi connectivity index (χ1n) is 4.01. The number of thiophene rings is 1. The maximum absolute atomic E-state index is 10.7. The number of halogens is 1. The summed E-state index contributed by atoms with van der Waals surface area (Å²) < 4.78 is 0. The summed E-state index contributed by atoms with van der Waals surface area (Å²) in [5, 5.41) is 8.77. The third kappa shape index (κ3) is 1.71. The van der Waals surface area contributed by atoms with Gasteiger partial charge in [-0.25, -0.2) is 0 Å². The van der Waals surface area contributed by atoms with Gasteiger partial charge in [-0.1, -0.05) is 17.7 Å². The van der Waals surface area contributed by atoms with E-state index in [9.17, 15) is 4.79 Å². The molecule has 72 valence electrons. The fraction of sp³-hybridized carbons (Fsp3) is 0.111. The molecule has 2 rings (SSSR count). The zero-order valence-electron chi connectivity index (χ0n) is 7.16. The number of rotatable bonds is 3. The fourth-order valence-corrected chi connectivity index (χ4v) is 2.12. The number of aldehydes is 1. The Bertz CT molecular complexity index is 436. The number of aromatic amines is 1. The third-order valence-corrected chi connectivity index (χ3v) is 3.05. The monoisotopic (exact) mass is 226 g/mol. The summed E-state index contributed by atoms with van der Waals surface area (Å²) in [6.07, 6.45) is 1.40. The van der Waals surface area contributed by atoms with Gasteiger partial charge in [0, 0.05) is 11.3 Å². The molecule has 0 saturated carbocycles. The molecule has 2 aromatic heterocycles. The first kappa shape index (κ1) is 9.43. The lowest BCUT2D eigenvalue weighted by Crippen LogP contribution is -1.90. The van der Waals surface area contributed by atoms with Crippen molar-refractivity contribution in [1.82, 2.24) is 10.2 Å². The lowest BCUT2D eigenvalue weighted by Gasteiger charge is -1.94. The SMILES string of the molecule is O=Cc1c(Cl)n[nH]c1Cc1cccs1. The average molecular weight is 227 g/mol. The number of H-pyrrole nitrogens is 1. The predicted octanol–water partition coefficient (Wildman–Crippen LogP) is 2.53. The molecule has 2 aromatic rings. The van der Waals surface area contributed by atoms with E-state index in [1.807, 2.05) is 17.5 Å². The Morgan fingerprint density at radius 2 is 2.50 bits per heavy atom. The predicted molar refractivity (Wildman–Crippen MR) is 56.1 cm³/mol. The van der Waals surface area contributed by atoms with Crippen LogP contribution < -0.4 is 0 Å². The van der Waals surface area contributed by atoms with Gasteiger partial charge in [-0.05, 0) is 11.4 Å². The van der Waals surface area contributed by atoms with Gasteiger partial charge in [0.15, 0.2) is 11.4 Å². The van der Waals surface area contributed by atoms with E-state index in [4.69, 9.17) is 11.6 Å². The van der Waals surface area contributed by atoms with Crippen LogP contribution in [0.1, 0.15) is 20.9 Å². The highest BCUT2D eigenvalue weighted by molar-refractivity contribution is 7.09. The second kappa shape index (κ2) is 3.94. The number of hydrogen-bond acceptors (Lipinski definition) is 3. The second-order valence-corrected chi connectivity index (χ2v) is 4.17. The minimum absolute atomic E-state index is 0.242. The van der Waals surface area contributed by atoms with Gasteiger partial charge >= 0.3 is 0 Å². The number of nitrogens with zero attached hydrogens (tertiary/aromatic N) is 1. The third-order valence-electron chi connectivity index (χ3n) is 1.89. The van der Waals surface area contributed by atoms with Crippen molar-refractivity contribution in [1.29, 1.82) is 0 Å². The molecule has 0 unspecified atom stereocenters. The van der Waals surface area contributed by atoms with Crippen molar-refractivity contribution in [3.05, 3.63) is 38.8 Å². The van der Waals surface area contributed by atoms with Gasteiger partial charge in [-0.3, -0.25) is 9.89 Å². The van der Waals surface area contributed by atoms with Crippen molar-refractivity contribution >= 4 is 29.2 Å². The quantitative estimate of drug-likeness (QED) is 0.818. The van der Waals surface area contributed by atoms with Crippen molar-refractivity contribution < 1.29 is 4.79 Å².